The van der Waals surface area contributed by atoms with Crippen molar-refractivity contribution in [1.29, 1.82) is 0 Å². The van der Waals surface area contributed by atoms with Gasteiger partial charge in [0.1, 0.15) is 4.64 Å². The second-order valence-corrected chi connectivity index (χ2v) is 4.47. The van der Waals surface area contributed by atoms with Crippen molar-refractivity contribution in [3.8, 4) is 11.3 Å². The summed E-state index contributed by atoms with van der Waals surface area (Å²) >= 11 is 5.07. The minimum Gasteiger partial charge on any atom is -0.346 e. The van der Waals surface area contributed by atoms with Crippen LogP contribution in [0.5, 0.6) is 0 Å². The maximum Gasteiger partial charge on any atom is 0.130 e. The number of hydrogen-bond acceptors (Lipinski definition) is 2. The number of hydrogen-bond donors (Lipinski definition) is 1. The molecule has 2 rings (SSSR count). The smallest absolute Gasteiger partial charge is 0.130 e. The van der Waals surface area contributed by atoms with Crippen molar-refractivity contribution < 1.29 is 0 Å². The molecule has 0 unspecified atom stereocenters. The van der Waals surface area contributed by atoms with E-state index in [0.717, 1.165) is 5.69 Å². The Morgan fingerprint density at radius 3 is 2.38 bits per heavy atom. The Balaban J connectivity index is 2.65. The number of H-pyrrole nitrogens is 1. The fraction of sp³-hybridized carbons (Fsp3) is 0.231. The van der Waals surface area contributed by atoms with E-state index in [0.29, 0.717) is 4.64 Å². The van der Waals surface area contributed by atoms with Crippen LogP contribution in [0.1, 0.15) is 16.7 Å². The van der Waals surface area contributed by atoms with Gasteiger partial charge < -0.3 is 4.98 Å². The van der Waals surface area contributed by atoms with Gasteiger partial charge in [-0.3, -0.25) is 0 Å². The molecule has 0 aliphatic rings. The zero-order valence-corrected chi connectivity index (χ0v) is 10.5. The lowest BCUT2D eigenvalue weighted by atomic mass is 9.99. The molecule has 1 aromatic heterocycles. The number of aryl methyl sites for hydroxylation is 3. The van der Waals surface area contributed by atoms with Crippen molar-refractivity contribution >= 4 is 12.2 Å². The quantitative estimate of drug-likeness (QED) is 0.756. The standard InChI is InChI=1S/C13H14N2S/c1-8-4-10(3)11(5-9(8)2)12-6-13(16)15-7-14-12/h4-7H,1-3H3,(H,14,15,16). The van der Waals surface area contributed by atoms with E-state index in [4.69, 9.17) is 12.2 Å². The van der Waals surface area contributed by atoms with Crippen molar-refractivity contribution in [2.45, 2.75) is 20.8 Å². The van der Waals surface area contributed by atoms with E-state index in [2.05, 4.69) is 42.9 Å². The Labute approximate surface area is 100 Å². The lowest BCUT2D eigenvalue weighted by Crippen LogP contribution is -1.91. The van der Waals surface area contributed by atoms with Crippen LogP contribution < -0.4 is 0 Å². The van der Waals surface area contributed by atoms with E-state index >= 15 is 0 Å². The molecule has 0 saturated carbocycles. The summed E-state index contributed by atoms with van der Waals surface area (Å²) in [5.74, 6) is 0. The summed E-state index contributed by atoms with van der Waals surface area (Å²) in [5, 5.41) is 0. The third kappa shape index (κ3) is 2.04. The second kappa shape index (κ2) is 4.18. The lowest BCUT2D eigenvalue weighted by molar-refractivity contribution is 1.15. The van der Waals surface area contributed by atoms with Crippen LogP contribution in [0, 0.1) is 25.4 Å². The van der Waals surface area contributed by atoms with E-state index < -0.39 is 0 Å². The summed E-state index contributed by atoms with van der Waals surface area (Å²) in [7, 11) is 0. The Kier molecular flexibility index (Phi) is 2.88. The summed E-state index contributed by atoms with van der Waals surface area (Å²) in [6.45, 7) is 6.36. The highest BCUT2D eigenvalue weighted by molar-refractivity contribution is 7.71. The van der Waals surface area contributed by atoms with E-state index in [1.807, 2.05) is 6.07 Å². The Bertz CT molecular complexity index is 585. The Morgan fingerprint density at radius 1 is 1.00 bits per heavy atom. The van der Waals surface area contributed by atoms with E-state index in [-0.39, 0.29) is 0 Å². The van der Waals surface area contributed by atoms with Gasteiger partial charge in [-0.2, -0.15) is 0 Å². The van der Waals surface area contributed by atoms with Gasteiger partial charge in [0.2, 0.25) is 0 Å². The van der Waals surface area contributed by atoms with E-state index in [1.54, 1.807) is 6.33 Å². The van der Waals surface area contributed by atoms with Crippen LogP contribution in [-0.4, -0.2) is 9.97 Å². The summed E-state index contributed by atoms with van der Waals surface area (Å²) in [6, 6.07) is 6.28. The molecule has 0 spiro atoms. The van der Waals surface area contributed by atoms with Crippen LogP contribution in [0.2, 0.25) is 0 Å². The fourth-order valence-corrected chi connectivity index (χ4v) is 1.94. The van der Waals surface area contributed by atoms with Gasteiger partial charge in [-0.05, 0) is 49.6 Å². The first-order valence-electron chi connectivity index (χ1n) is 5.21. The van der Waals surface area contributed by atoms with Crippen LogP contribution in [0.3, 0.4) is 0 Å². The van der Waals surface area contributed by atoms with Crippen molar-refractivity contribution in [1.82, 2.24) is 9.97 Å². The number of nitrogens with one attached hydrogen (secondary N) is 1. The highest BCUT2D eigenvalue weighted by Gasteiger charge is 2.04. The normalized spacial score (nSPS) is 10.4. The molecule has 0 aliphatic carbocycles. The predicted octanol–water partition coefficient (Wildman–Crippen LogP) is 3.73. The number of benzene rings is 1. The van der Waals surface area contributed by atoms with Gasteiger partial charge in [-0.15, -0.1) is 0 Å². The number of aromatic nitrogens is 2. The Morgan fingerprint density at radius 2 is 1.69 bits per heavy atom. The molecular formula is C13H14N2S. The fourth-order valence-electron chi connectivity index (χ4n) is 1.77. The summed E-state index contributed by atoms with van der Waals surface area (Å²) in [5.41, 5.74) is 6.07. The molecule has 0 atom stereocenters. The summed E-state index contributed by atoms with van der Waals surface area (Å²) in [6.07, 6.45) is 1.65. The molecule has 1 heterocycles. The topological polar surface area (TPSA) is 28.7 Å². The van der Waals surface area contributed by atoms with E-state index in [1.165, 1.54) is 22.3 Å². The van der Waals surface area contributed by atoms with Crippen molar-refractivity contribution in [3.05, 3.63) is 45.9 Å². The predicted molar refractivity (Wildman–Crippen MR) is 69.1 cm³/mol. The van der Waals surface area contributed by atoms with Crippen LogP contribution in [0.25, 0.3) is 11.3 Å². The second-order valence-electron chi connectivity index (χ2n) is 4.05. The zero-order chi connectivity index (χ0) is 11.7. The number of rotatable bonds is 1. The number of nitrogens with zero attached hydrogens (tertiary/aromatic N) is 1. The molecule has 0 saturated heterocycles. The molecular weight excluding hydrogens is 216 g/mol. The third-order valence-corrected chi connectivity index (χ3v) is 3.03. The summed E-state index contributed by atoms with van der Waals surface area (Å²) in [4.78, 5) is 7.13. The Hall–Kier alpha value is -1.48. The first-order chi connectivity index (χ1) is 7.58. The molecule has 1 N–H and O–H groups in total. The van der Waals surface area contributed by atoms with Crippen LogP contribution in [0.15, 0.2) is 24.5 Å². The van der Waals surface area contributed by atoms with Gasteiger partial charge in [0.15, 0.2) is 0 Å². The van der Waals surface area contributed by atoms with Crippen LogP contribution >= 0.6 is 12.2 Å². The third-order valence-electron chi connectivity index (χ3n) is 2.81. The van der Waals surface area contributed by atoms with Crippen molar-refractivity contribution in [2.75, 3.05) is 0 Å². The molecule has 0 fully saturated rings. The minimum absolute atomic E-state index is 0.617. The molecule has 0 radical (unpaired) electrons. The van der Waals surface area contributed by atoms with Gasteiger partial charge in [-0.25, -0.2) is 4.98 Å². The van der Waals surface area contributed by atoms with Gasteiger partial charge >= 0.3 is 0 Å². The molecule has 2 aromatic rings. The van der Waals surface area contributed by atoms with Crippen LogP contribution in [0.4, 0.5) is 0 Å². The molecule has 0 amide bonds. The first kappa shape index (κ1) is 11.0. The van der Waals surface area contributed by atoms with Crippen molar-refractivity contribution in [3.63, 3.8) is 0 Å². The van der Waals surface area contributed by atoms with Crippen LogP contribution in [-0.2, 0) is 0 Å². The molecule has 0 bridgehead atoms. The lowest BCUT2D eigenvalue weighted by Gasteiger charge is -2.09. The zero-order valence-electron chi connectivity index (χ0n) is 9.66. The maximum atomic E-state index is 5.07. The molecule has 1 aromatic carbocycles. The average molecular weight is 230 g/mol. The van der Waals surface area contributed by atoms with Gasteiger partial charge in [0.05, 0.1) is 6.33 Å². The highest BCUT2D eigenvalue weighted by Crippen LogP contribution is 2.24. The van der Waals surface area contributed by atoms with Gasteiger partial charge in [-0.1, -0.05) is 18.3 Å². The summed E-state index contributed by atoms with van der Waals surface area (Å²) < 4.78 is 0.617. The number of aromatic amines is 1. The maximum absolute atomic E-state index is 5.07. The minimum atomic E-state index is 0.617. The monoisotopic (exact) mass is 230 g/mol. The molecule has 0 aliphatic heterocycles. The molecule has 16 heavy (non-hydrogen) atoms. The first-order valence-corrected chi connectivity index (χ1v) is 5.61. The average Bonchev–Trinajstić information content (AvgIpc) is 2.23. The SMILES string of the molecule is Cc1cc(C)c(-c2cc(=S)nc[nH]2)cc1C. The largest absolute Gasteiger partial charge is 0.346 e. The highest BCUT2D eigenvalue weighted by atomic mass is 32.1. The van der Waals surface area contributed by atoms with E-state index in [9.17, 15) is 0 Å². The van der Waals surface area contributed by atoms with Gasteiger partial charge in [0, 0.05) is 11.3 Å². The molecule has 2 nitrogen and oxygen atoms in total. The molecule has 3 heteroatoms. The molecule has 82 valence electrons. The van der Waals surface area contributed by atoms with Gasteiger partial charge in [0.25, 0.3) is 0 Å². The van der Waals surface area contributed by atoms with Crippen molar-refractivity contribution in [2.24, 2.45) is 0 Å².